The third-order valence-electron chi connectivity index (χ3n) is 1.94. The maximum absolute atomic E-state index is 11.2. The van der Waals surface area contributed by atoms with Gasteiger partial charge in [-0.2, -0.15) is 0 Å². The van der Waals surface area contributed by atoms with Crippen LogP contribution < -0.4 is 0 Å². The van der Waals surface area contributed by atoms with E-state index < -0.39 is 32.8 Å². The second kappa shape index (κ2) is 6.55. The maximum Gasteiger partial charge on any atom is 0.237 e. The molecule has 4 nitrogen and oxygen atoms in total. The van der Waals surface area contributed by atoms with E-state index >= 15 is 0 Å². The highest BCUT2D eigenvalue weighted by molar-refractivity contribution is 6.75. The quantitative estimate of drug-likeness (QED) is 0.534. The molecule has 0 aromatic heterocycles. The number of hydrogen-bond donors (Lipinski definition) is 0. The molecule has 0 aliphatic carbocycles. The zero-order valence-corrected chi connectivity index (χ0v) is 10.8. The molecule has 0 saturated carbocycles. The van der Waals surface area contributed by atoms with Crippen molar-refractivity contribution in [3.8, 4) is 0 Å². The average molecular weight is 308 g/mol. The lowest BCUT2D eigenvalue weighted by Gasteiger charge is -2.23. The van der Waals surface area contributed by atoms with Gasteiger partial charge in [0.25, 0.3) is 0 Å². The monoisotopic (exact) mass is 306 g/mol. The smallest absolute Gasteiger partial charge is 0.237 e. The van der Waals surface area contributed by atoms with Crippen molar-refractivity contribution in [2.24, 2.45) is 5.41 Å². The summed E-state index contributed by atoms with van der Waals surface area (Å²) < 4.78 is 0. The van der Waals surface area contributed by atoms with Crippen LogP contribution in [0.4, 0.5) is 0 Å². The van der Waals surface area contributed by atoms with E-state index in [9.17, 15) is 19.2 Å². The molecular formula is C8H6Cl4O4. The van der Waals surface area contributed by atoms with Crippen LogP contribution in [0.1, 0.15) is 19.3 Å². The van der Waals surface area contributed by atoms with Gasteiger partial charge in [-0.15, -0.1) is 0 Å². The van der Waals surface area contributed by atoms with Gasteiger partial charge < -0.3 is 0 Å². The molecule has 16 heavy (non-hydrogen) atoms. The first-order chi connectivity index (χ1) is 7.22. The van der Waals surface area contributed by atoms with Gasteiger partial charge in [0.2, 0.25) is 21.0 Å². The molecule has 8 heteroatoms. The lowest BCUT2D eigenvalue weighted by Crippen LogP contribution is -2.36. The summed E-state index contributed by atoms with van der Waals surface area (Å²) in [6.45, 7) is 0. The fourth-order valence-electron chi connectivity index (χ4n) is 1.05. The van der Waals surface area contributed by atoms with E-state index in [2.05, 4.69) is 0 Å². The minimum absolute atomic E-state index is 0.317. The summed E-state index contributed by atoms with van der Waals surface area (Å²) in [5, 5.41) is -4.01. The fraction of sp³-hybridized carbons (Fsp3) is 0.500. The number of carbonyl (C=O) groups excluding carboxylic acids is 4. The Morgan fingerprint density at radius 2 is 1.25 bits per heavy atom. The fourth-order valence-corrected chi connectivity index (χ4v) is 1.92. The minimum Gasteiger partial charge on any atom is -0.281 e. The number of hydrogen-bond acceptors (Lipinski definition) is 4. The van der Waals surface area contributed by atoms with E-state index in [1.165, 1.54) is 0 Å². The standard InChI is InChI=1S/C8H6Cl4O4/c9-4(13)1-2-8(6(11)15,7(12)16)3-5(10)14/h1-3H2. The lowest BCUT2D eigenvalue weighted by atomic mass is 9.83. The van der Waals surface area contributed by atoms with Crippen LogP contribution in [0.3, 0.4) is 0 Å². The van der Waals surface area contributed by atoms with E-state index in [4.69, 9.17) is 46.4 Å². The summed E-state index contributed by atoms with van der Waals surface area (Å²) in [4.78, 5) is 43.6. The van der Waals surface area contributed by atoms with Crippen LogP contribution in [-0.4, -0.2) is 21.0 Å². The molecule has 0 bridgehead atoms. The van der Waals surface area contributed by atoms with Gasteiger partial charge in [-0.05, 0) is 52.8 Å². The lowest BCUT2D eigenvalue weighted by molar-refractivity contribution is -0.135. The van der Waals surface area contributed by atoms with E-state index in [1.54, 1.807) is 0 Å². The zero-order chi connectivity index (χ0) is 12.9. The van der Waals surface area contributed by atoms with Crippen molar-refractivity contribution in [1.82, 2.24) is 0 Å². The molecule has 0 amide bonds. The second-order valence-electron chi connectivity index (χ2n) is 3.02. The number of rotatable bonds is 7. The van der Waals surface area contributed by atoms with Gasteiger partial charge in [0.15, 0.2) is 0 Å². The molecule has 0 heterocycles. The van der Waals surface area contributed by atoms with Gasteiger partial charge in [-0.3, -0.25) is 19.2 Å². The Labute approximate surface area is 111 Å². The Kier molecular flexibility index (Phi) is 6.48. The van der Waals surface area contributed by atoms with Crippen LogP contribution in [0.15, 0.2) is 0 Å². The van der Waals surface area contributed by atoms with Crippen LogP contribution in [0.2, 0.25) is 0 Å². The van der Waals surface area contributed by atoms with E-state index in [-0.39, 0.29) is 12.8 Å². The van der Waals surface area contributed by atoms with Gasteiger partial charge in [-0.1, -0.05) is 0 Å². The first-order valence-corrected chi connectivity index (χ1v) is 5.50. The van der Waals surface area contributed by atoms with Crippen molar-refractivity contribution in [2.45, 2.75) is 19.3 Å². The molecule has 90 valence electrons. The topological polar surface area (TPSA) is 68.3 Å². The van der Waals surface area contributed by atoms with Crippen LogP contribution in [-0.2, 0) is 19.2 Å². The predicted octanol–water partition coefficient (Wildman–Crippen LogP) is 2.20. The second-order valence-corrected chi connectivity index (χ2v) is 4.55. The Balaban J connectivity index is 5.09. The SMILES string of the molecule is O=C(Cl)CCC(CC(=O)Cl)(C(=O)Cl)C(=O)Cl. The van der Waals surface area contributed by atoms with Crippen molar-refractivity contribution >= 4 is 67.4 Å². The average Bonchev–Trinajstić information content (AvgIpc) is 2.10. The number of halogens is 4. The van der Waals surface area contributed by atoms with Crippen molar-refractivity contribution in [2.75, 3.05) is 0 Å². The van der Waals surface area contributed by atoms with E-state index in [1.807, 2.05) is 0 Å². The summed E-state index contributed by atoms with van der Waals surface area (Å²) in [6, 6.07) is 0. The van der Waals surface area contributed by atoms with Crippen molar-refractivity contribution in [3.63, 3.8) is 0 Å². The summed E-state index contributed by atoms with van der Waals surface area (Å²) >= 11 is 20.6. The van der Waals surface area contributed by atoms with Gasteiger partial charge in [0.05, 0.1) is 0 Å². The summed E-state index contributed by atoms with van der Waals surface area (Å²) in [5.41, 5.74) is -1.98. The van der Waals surface area contributed by atoms with Gasteiger partial charge >= 0.3 is 0 Å². The van der Waals surface area contributed by atoms with Gasteiger partial charge in [0, 0.05) is 12.8 Å². The molecule has 0 spiro atoms. The molecule has 0 saturated heterocycles. The molecule has 0 atom stereocenters. The highest BCUT2D eigenvalue weighted by Crippen LogP contribution is 2.35. The Bertz CT molecular complexity index is 325. The maximum atomic E-state index is 11.2. The molecule has 0 fully saturated rings. The van der Waals surface area contributed by atoms with Crippen LogP contribution in [0.5, 0.6) is 0 Å². The zero-order valence-electron chi connectivity index (χ0n) is 7.77. The largest absolute Gasteiger partial charge is 0.281 e. The van der Waals surface area contributed by atoms with Gasteiger partial charge in [-0.25, -0.2) is 0 Å². The normalized spacial score (nSPS) is 11.0. The van der Waals surface area contributed by atoms with Crippen molar-refractivity contribution in [3.05, 3.63) is 0 Å². The highest BCUT2D eigenvalue weighted by atomic mass is 35.5. The van der Waals surface area contributed by atoms with Crippen molar-refractivity contribution in [1.29, 1.82) is 0 Å². The molecule has 0 aliphatic heterocycles. The first kappa shape index (κ1) is 15.8. The van der Waals surface area contributed by atoms with E-state index in [0.717, 1.165) is 0 Å². The molecule has 0 rings (SSSR count). The predicted molar refractivity (Wildman–Crippen MR) is 59.7 cm³/mol. The summed E-state index contributed by atoms with van der Waals surface area (Å²) in [6.07, 6.45) is -1.33. The first-order valence-electron chi connectivity index (χ1n) is 3.99. The Morgan fingerprint density at radius 1 is 0.812 bits per heavy atom. The molecule has 0 unspecified atom stereocenters. The van der Waals surface area contributed by atoms with Crippen LogP contribution in [0, 0.1) is 5.41 Å². The molecular weight excluding hydrogens is 302 g/mol. The summed E-state index contributed by atoms with van der Waals surface area (Å²) in [7, 11) is 0. The van der Waals surface area contributed by atoms with E-state index in [0.29, 0.717) is 0 Å². The highest BCUT2D eigenvalue weighted by Gasteiger charge is 2.45. The Morgan fingerprint density at radius 3 is 1.50 bits per heavy atom. The van der Waals surface area contributed by atoms with Crippen molar-refractivity contribution < 1.29 is 19.2 Å². The third-order valence-corrected chi connectivity index (χ3v) is 2.99. The molecule has 0 radical (unpaired) electrons. The summed E-state index contributed by atoms with van der Waals surface area (Å²) in [5.74, 6) is 0. The number of carbonyl (C=O) groups is 4. The molecule has 0 N–H and O–H groups in total. The van der Waals surface area contributed by atoms with Crippen LogP contribution in [0.25, 0.3) is 0 Å². The minimum atomic E-state index is -1.98. The molecule has 0 aliphatic rings. The molecule has 0 aromatic rings. The van der Waals surface area contributed by atoms with Crippen LogP contribution >= 0.6 is 46.4 Å². The third kappa shape index (κ3) is 4.37. The van der Waals surface area contributed by atoms with Gasteiger partial charge in [0.1, 0.15) is 5.41 Å². The molecule has 0 aromatic carbocycles. The Hall–Kier alpha value is -0.160.